The number of fused-ring (bicyclic) bond motifs is 1. The molecule has 7 aliphatic rings. The number of piperazine rings is 1. The quantitative estimate of drug-likeness (QED) is 0.369. The van der Waals surface area contributed by atoms with Crippen LogP contribution in [-0.4, -0.2) is 58.7 Å². The highest BCUT2D eigenvalue weighted by Gasteiger charge is 2.51. The lowest BCUT2D eigenvalue weighted by atomic mass is 9.48. The van der Waals surface area contributed by atoms with Gasteiger partial charge in [-0.2, -0.15) is 12.6 Å². The number of nitrogens with one attached hydrogen (secondary N) is 1. The predicted molar refractivity (Wildman–Crippen MR) is 167 cm³/mol. The Bertz CT molecular complexity index is 1330. The van der Waals surface area contributed by atoms with Crippen LogP contribution in [0.2, 0.25) is 0 Å². The Morgan fingerprint density at radius 2 is 1.40 bits per heavy atom. The fourth-order valence-corrected chi connectivity index (χ4v) is 10.4. The van der Waals surface area contributed by atoms with Gasteiger partial charge in [0, 0.05) is 52.2 Å². The van der Waals surface area contributed by atoms with Crippen molar-refractivity contribution in [2.24, 2.45) is 17.8 Å². The third kappa shape index (κ3) is 5.04. The number of rotatable bonds is 6. The average Bonchev–Trinajstić information content (AvgIpc) is 3.29. The molecule has 0 aromatic heterocycles. The van der Waals surface area contributed by atoms with Gasteiger partial charge in [0.2, 0.25) is 11.8 Å². The molecule has 2 aromatic carbocycles. The molecule has 4 bridgehead atoms. The van der Waals surface area contributed by atoms with Crippen LogP contribution in [0.4, 0.5) is 0 Å². The molecule has 4 aliphatic carbocycles. The van der Waals surface area contributed by atoms with Gasteiger partial charge in [-0.05, 0) is 95.9 Å². The molecule has 2 aromatic rings. The minimum Gasteiger partial charge on any atom is -0.297 e. The van der Waals surface area contributed by atoms with E-state index in [2.05, 4.69) is 62.5 Å². The van der Waals surface area contributed by atoms with Gasteiger partial charge in [-0.1, -0.05) is 42.5 Å². The lowest BCUT2D eigenvalue weighted by molar-refractivity contribution is -0.137. The third-order valence-corrected chi connectivity index (χ3v) is 12.2. The van der Waals surface area contributed by atoms with E-state index in [1.807, 2.05) is 0 Å². The first-order chi connectivity index (χ1) is 20.4. The van der Waals surface area contributed by atoms with Crippen LogP contribution in [0, 0.1) is 17.8 Å². The van der Waals surface area contributed by atoms with Crippen LogP contribution < -0.4 is 5.32 Å². The van der Waals surface area contributed by atoms with Gasteiger partial charge in [0.25, 0.3) is 0 Å². The maximum atomic E-state index is 12.5. The van der Waals surface area contributed by atoms with Gasteiger partial charge in [-0.15, -0.1) is 0 Å². The highest BCUT2D eigenvalue weighted by Crippen LogP contribution is 2.60. The highest BCUT2D eigenvalue weighted by molar-refractivity contribution is 7.80. The Hall–Kier alpha value is -2.19. The van der Waals surface area contributed by atoms with Crippen LogP contribution >= 0.6 is 12.6 Å². The van der Waals surface area contributed by atoms with Gasteiger partial charge < -0.3 is 0 Å². The molecule has 2 unspecified atom stereocenters. The number of piperidine rings is 1. The number of carbonyl (C=O) groups excluding carboxylic acids is 2. The van der Waals surface area contributed by atoms with E-state index in [9.17, 15) is 9.59 Å². The molecule has 6 fully saturated rings. The third-order valence-electron chi connectivity index (χ3n) is 11.6. The summed E-state index contributed by atoms with van der Waals surface area (Å²) < 4.78 is 0. The molecular formula is C35H44N4O2S. The summed E-state index contributed by atoms with van der Waals surface area (Å²) in [6, 6.07) is 16.3. The second kappa shape index (κ2) is 10.8. The summed E-state index contributed by atoms with van der Waals surface area (Å²) in [5.41, 5.74) is 7.33. The van der Waals surface area contributed by atoms with Crippen molar-refractivity contribution in [3.63, 3.8) is 0 Å². The van der Waals surface area contributed by atoms with E-state index in [1.165, 1.54) is 60.8 Å². The van der Waals surface area contributed by atoms with Crippen LogP contribution in [-0.2, 0) is 34.6 Å². The van der Waals surface area contributed by atoms with Crippen molar-refractivity contribution in [2.45, 2.75) is 87.8 Å². The van der Waals surface area contributed by atoms with E-state index < -0.39 is 0 Å². The van der Waals surface area contributed by atoms with E-state index in [1.54, 1.807) is 5.56 Å². The molecular weight excluding hydrogens is 540 g/mol. The van der Waals surface area contributed by atoms with Crippen molar-refractivity contribution in [1.29, 1.82) is 0 Å². The summed E-state index contributed by atoms with van der Waals surface area (Å²) in [6.45, 7) is 7.05. The zero-order chi connectivity index (χ0) is 28.4. The summed E-state index contributed by atoms with van der Waals surface area (Å²) in [6.07, 6.45) is 9.82. The first-order valence-electron chi connectivity index (χ1n) is 16.3. The van der Waals surface area contributed by atoms with Crippen LogP contribution in [0.3, 0.4) is 0 Å². The lowest BCUT2D eigenvalue weighted by Gasteiger charge is -2.57. The Kier molecular flexibility index (Phi) is 7.01. The van der Waals surface area contributed by atoms with Gasteiger partial charge in [0.05, 0.1) is 11.4 Å². The predicted octanol–water partition coefficient (Wildman–Crippen LogP) is 5.02. The van der Waals surface area contributed by atoms with Crippen LogP contribution in [0.1, 0.15) is 84.6 Å². The van der Waals surface area contributed by atoms with Crippen molar-refractivity contribution in [3.05, 3.63) is 70.3 Å². The van der Waals surface area contributed by atoms with E-state index in [0.717, 1.165) is 57.0 Å². The molecule has 1 N–H and O–H groups in total. The molecule has 0 radical (unpaired) electrons. The fraction of sp³-hybridized carbons (Fsp3) is 0.600. The number of benzene rings is 2. The summed E-state index contributed by atoms with van der Waals surface area (Å²) in [5, 5.41) is 2.38. The second-order valence-electron chi connectivity index (χ2n) is 14.5. The molecule has 2 saturated heterocycles. The molecule has 7 heteroatoms. The number of nitrogens with zero attached hydrogens (tertiary/aromatic N) is 3. The van der Waals surface area contributed by atoms with Gasteiger partial charge in [-0.25, -0.2) is 0 Å². The van der Waals surface area contributed by atoms with Crippen molar-refractivity contribution >= 4 is 24.4 Å². The smallest absolute Gasteiger partial charge is 0.243 e. The molecule has 222 valence electrons. The Morgan fingerprint density at radius 3 is 2.02 bits per heavy atom. The van der Waals surface area contributed by atoms with Gasteiger partial charge in [0.15, 0.2) is 0 Å². The summed E-state index contributed by atoms with van der Waals surface area (Å²) in [7, 11) is 0. The number of amides is 2. The summed E-state index contributed by atoms with van der Waals surface area (Å²) >= 11 is 4.91. The van der Waals surface area contributed by atoms with Gasteiger partial charge >= 0.3 is 0 Å². The molecule has 3 heterocycles. The van der Waals surface area contributed by atoms with E-state index in [4.69, 9.17) is 12.6 Å². The molecule has 42 heavy (non-hydrogen) atoms. The number of hydrogen-bond acceptors (Lipinski definition) is 6. The summed E-state index contributed by atoms with van der Waals surface area (Å²) in [5.74, 6) is 2.63. The molecule has 2 atom stereocenters. The minimum absolute atomic E-state index is 0.116. The first kappa shape index (κ1) is 27.4. The number of carbonyl (C=O) groups is 2. The molecule has 9 rings (SSSR count). The standard InChI is InChI=1S/C35H44N4O2S/c40-32-8-7-31(33(41)36-32)39-22-28-4-1-24(16-30(28)34(39)42)21-38-11-9-37(10-12-38)20-23-2-5-29(6-3-23)35-17-25-13-26(18-35)15-27(14-25)19-35/h1-6,16,25-27,31,34,42H,7-15,17-22H2,(H,36,40,41). The van der Waals surface area contributed by atoms with Crippen LogP contribution in [0.5, 0.6) is 0 Å². The lowest BCUT2D eigenvalue weighted by Crippen LogP contribution is -2.51. The Balaban J connectivity index is 0.847. The molecule has 6 nitrogen and oxygen atoms in total. The second-order valence-corrected chi connectivity index (χ2v) is 15.0. The van der Waals surface area contributed by atoms with Gasteiger partial charge in [0.1, 0.15) is 0 Å². The van der Waals surface area contributed by atoms with E-state index >= 15 is 0 Å². The van der Waals surface area contributed by atoms with E-state index in [-0.39, 0.29) is 23.2 Å². The largest absolute Gasteiger partial charge is 0.297 e. The minimum atomic E-state index is -0.289. The normalized spacial score (nSPS) is 35.0. The van der Waals surface area contributed by atoms with Crippen LogP contribution in [0.25, 0.3) is 0 Å². The average molecular weight is 585 g/mol. The number of hydrogen-bond donors (Lipinski definition) is 2. The number of imide groups is 1. The summed E-state index contributed by atoms with van der Waals surface area (Å²) in [4.78, 5) is 31.4. The van der Waals surface area contributed by atoms with Crippen molar-refractivity contribution in [3.8, 4) is 0 Å². The Labute approximate surface area is 255 Å². The van der Waals surface area contributed by atoms with Crippen LogP contribution in [0.15, 0.2) is 42.5 Å². The zero-order valence-corrected chi connectivity index (χ0v) is 25.5. The molecule has 0 spiro atoms. The maximum absolute atomic E-state index is 12.5. The number of thiol groups is 1. The Morgan fingerprint density at radius 1 is 0.810 bits per heavy atom. The molecule has 3 aliphatic heterocycles. The maximum Gasteiger partial charge on any atom is 0.243 e. The highest BCUT2D eigenvalue weighted by atomic mass is 32.1. The van der Waals surface area contributed by atoms with Gasteiger partial charge in [-0.3, -0.25) is 29.6 Å². The van der Waals surface area contributed by atoms with Crippen molar-refractivity contribution in [1.82, 2.24) is 20.0 Å². The first-order valence-corrected chi connectivity index (χ1v) is 16.9. The monoisotopic (exact) mass is 584 g/mol. The topological polar surface area (TPSA) is 55.9 Å². The molecule has 2 amide bonds. The van der Waals surface area contributed by atoms with Crippen molar-refractivity contribution < 1.29 is 9.59 Å². The zero-order valence-electron chi connectivity index (χ0n) is 24.6. The van der Waals surface area contributed by atoms with Crippen molar-refractivity contribution in [2.75, 3.05) is 26.2 Å². The SMILES string of the molecule is O=C1CCC(N2Cc3ccc(CN4CCN(Cc5ccc(C67CC8CC(CC(C8)C6)C7)cc5)CC4)cc3C2S)C(=O)N1. The fourth-order valence-electron chi connectivity index (χ4n) is 9.92. The van der Waals surface area contributed by atoms with E-state index in [0.29, 0.717) is 24.8 Å². The molecule has 4 saturated carbocycles.